The van der Waals surface area contributed by atoms with E-state index in [0.29, 0.717) is 6.54 Å². The Bertz CT molecular complexity index is 627. The largest absolute Gasteiger partial charge is 0.381 e. The molecule has 0 fully saturated rings. The maximum absolute atomic E-state index is 9.12. The van der Waals surface area contributed by atoms with E-state index in [1.54, 1.807) is 6.20 Å². The Morgan fingerprint density at radius 3 is 2.55 bits per heavy atom. The van der Waals surface area contributed by atoms with Crippen LogP contribution in [-0.2, 0) is 12.0 Å². The summed E-state index contributed by atoms with van der Waals surface area (Å²) in [6.45, 7) is 4.55. The lowest BCUT2D eigenvalue weighted by atomic mass is 9.86. The summed E-state index contributed by atoms with van der Waals surface area (Å²) in [7, 11) is 0. The minimum absolute atomic E-state index is 0.452. The number of nitrogens with zero attached hydrogens (tertiary/aromatic N) is 2. The molecule has 4 heteroatoms. The fourth-order valence-electron chi connectivity index (χ4n) is 1.83. The van der Waals surface area contributed by atoms with Gasteiger partial charge in [-0.05, 0) is 59.1 Å². The van der Waals surface area contributed by atoms with Crippen LogP contribution in [0, 0.1) is 11.3 Å². The van der Waals surface area contributed by atoms with Gasteiger partial charge in [-0.15, -0.1) is 0 Å². The van der Waals surface area contributed by atoms with E-state index in [2.05, 4.69) is 32.3 Å². The van der Waals surface area contributed by atoms with E-state index in [1.807, 2.05) is 50.4 Å². The summed E-state index contributed by atoms with van der Waals surface area (Å²) in [5.74, 6) is 0. The van der Waals surface area contributed by atoms with E-state index in [-0.39, 0.29) is 0 Å². The van der Waals surface area contributed by atoms with Gasteiger partial charge in [0.25, 0.3) is 0 Å². The molecule has 0 aliphatic carbocycles. The molecule has 20 heavy (non-hydrogen) atoms. The van der Waals surface area contributed by atoms with Crippen molar-refractivity contribution < 1.29 is 0 Å². The van der Waals surface area contributed by atoms with Gasteiger partial charge in [0.15, 0.2) is 0 Å². The average molecular weight is 330 g/mol. The highest BCUT2D eigenvalue weighted by molar-refractivity contribution is 9.10. The van der Waals surface area contributed by atoms with Gasteiger partial charge >= 0.3 is 0 Å². The quantitative estimate of drug-likeness (QED) is 0.911. The standard InChI is InChI=1S/C16H16BrN3/c1-16(2,11-18)13-3-5-15(6-4-13)20-9-12-7-14(17)10-19-8-12/h3-8,10,20H,9H2,1-2H3. The number of pyridine rings is 1. The summed E-state index contributed by atoms with van der Waals surface area (Å²) >= 11 is 3.41. The van der Waals surface area contributed by atoms with Gasteiger partial charge < -0.3 is 5.32 Å². The molecule has 0 bridgehead atoms. The zero-order chi connectivity index (χ0) is 14.6. The summed E-state index contributed by atoms with van der Waals surface area (Å²) in [6, 6.07) is 12.3. The summed E-state index contributed by atoms with van der Waals surface area (Å²) in [5, 5.41) is 12.5. The van der Waals surface area contributed by atoms with Crippen LogP contribution in [0.1, 0.15) is 25.0 Å². The summed E-state index contributed by atoms with van der Waals surface area (Å²) in [5.41, 5.74) is 2.71. The topological polar surface area (TPSA) is 48.7 Å². The van der Waals surface area contributed by atoms with Gasteiger partial charge in [0.2, 0.25) is 0 Å². The third kappa shape index (κ3) is 3.58. The van der Waals surface area contributed by atoms with Crippen LogP contribution < -0.4 is 5.32 Å². The lowest BCUT2D eigenvalue weighted by molar-refractivity contribution is 0.687. The van der Waals surface area contributed by atoms with Crippen LogP contribution in [0.2, 0.25) is 0 Å². The third-order valence-electron chi connectivity index (χ3n) is 3.14. The highest BCUT2D eigenvalue weighted by Crippen LogP contribution is 2.23. The van der Waals surface area contributed by atoms with Gasteiger partial charge in [-0.3, -0.25) is 4.98 Å². The second kappa shape index (κ2) is 6.06. The van der Waals surface area contributed by atoms with Crippen molar-refractivity contribution in [2.45, 2.75) is 25.8 Å². The van der Waals surface area contributed by atoms with Gasteiger partial charge in [0.05, 0.1) is 11.5 Å². The molecule has 0 aliphatic heterocycles. The zero-order valence-corrected chi connectivity index (χ0v) is 13.1. The zero-order valence-electron chi connectivity index (χ0n) is 11.5. The number of nitriles is 1. The molecule has 0 saturated carbocycles. The Kier molecular flexibility index (Phi) is 4.41. The molecule has 0 unspecified atom stereocenters. The first kappa shape index (κ1) is 14.5. The molecule has 0 amide bonds. The Labute approximate surface area is 127 Å². The maximum atomic E-state index is 9.12. The van der Waals surface area contributed by atoms with Crippen molar-refractivity contribution in [2.75, 3.05) is 5.32 Å². The number of nitrogens with one attached hydrogen (secondary N) is 1. The molecule has 0 aliphatic rings. The monoisotopic (exact) mass is 329 g/mol. The fraction of sp³-hybridized carbons (Fsp3) is 0.250. The predicted molar refractivity (Wildman–Crippen MR) is 84.3 cm³/mol. The minimum Gasteiger partial charge on any atom is -0.381 e. The Morgan fingerprint density at radius 2 is 1.95 bits per heavy atom. The van der Waals surface area contributed by atoms with Gasteiger partial charge in [-0.1, -0.05) is 12.1 Å². The maximum Gasteiger partial charge on any atom is 0.0766 e. The molecule has 1 heterocycles. The molecule has 102 valence electrons. The molecule has 0 spiro atoms. The van der Waals surface area contributed by atoms with Gasteiger partial charge in [0, 0.05) is 29.1 Å². The van der Waals surface area contributed by atoms with Gasteiger partial charge in [-0.2, -0.15) is 5.26 Å². The summed E-state index contributed by atoms with van der Waals surface area (Å²) in [4.78, 5) is 4.13. The smallest absolute Gasteiger partial charge is 0.0766 e. The summed E-state index contributed by atoms with van der Waals surface area (Å²) in [6.07, 6.45) is 3.60. The number of anilines is 1. The SMILES string of the molecule is CC(C)(C#N)c1ccc(NCc2cncc(Br)c2)cc1. The Balaban J connectivity index is 2.03. The van der Waals surface area contributed by atoms with Crippen molar-refractivity contribution in [3.8, 4) is 6.07 Å². The molecule has 2 aromatic rings. The molecule has 1 aromatic heterocycles. The van der Waals surface area contributed by atoms with Crippen LogP contribution in [0.4, 0.5) is 5.69 Å². The Morgan fingerprint density at radius 1 is 1.25 bits per heavy atom. The van der Waals surface area contributed by atoms with E-state index in [9.17, 15) is 0 Å². The second-order valence-corrected chi connectivity index (χ2v) is 6.09. The van der Waals surface area contributed by atoms with Crippen LogP contribution >= 0.6 is 15.9 Å². The van der Waals surface area contributed by atoms with Crippen molar-refractivity contribution in [1.82, 2.24) is 4.98 Å². The van der Waals surface area contributed by atoms with E-state index in [1.165, 1.54) is 0 Å². The van der Waals surface area contributed by atoms with Crippen molar-refractivity contribution >= 4 is 21.6 Å². The first-order chi connectivity index (χ1) is 9.51. The van der Waals surface area contributed by atoms with E-state index >= 15 is 0 Å². The highest BCUT2D eigenvalue weighted by Gasteiger charge is 2.18. The van der Waals surface area contributed by atoms with E-state index < -0.39 is 5.41 Å². The molecular weight excluding hydrogens is 314 g/mol. The molecule has 3 nitrogen and oxygen atoms in total. The van der Waals surface area contributed by atoms with Gasteiger partial charge in [-0.25, -0.2) is 0 Å². The third-order valence-corrected chi connectivity index (χ3v) is 3.58. The number of halogens is 1. The number of hydrogen-bond donors (Lipinski definition) is 1. The van der Waals surface area contributed by atoms with Crippen LogP contribution in [0.15, 0.2) is 47.2 Å². The number of benzene rings is 1. The fourth-order valence-corrected chi connectivity index (χ4v) is 2.24. The van der Waals surface area contributed by atoms with Crippen molar-refractivity contribution in [2.24, 2.45) is 0 Å². The lowest BCUT2D eigenvalue weighted by Gasteiger charge is -2.16. The van der Waals surface area contributed by atoms with Gasteiger partial charge in [0.1, 0.15) is 0 Å². The second-order valence-electron chi connectivity index (χ2n) is 5.18. The molecule has 1 N–H and O–H groups in total. The molecule has 0 atom stereocenters. The molecule has 0 radical (unpaired) electrons. The lowest BCUT2D eigenvalue weighted by Crippen LogP contribution is -2.13. The molecule has 0 saturated heterocycles. The number of aromatic nitrogens is 1. The van der Waals surface area contributed by atoms with Crippen LogP contribution in [-0.4, -0.2) is 4.98 Å². The molecule has 2 rings (SSSR count). The number of rotatable bonds is 4. The normalized spacial score (nSPS) is 10.9. The van der Waals surface area contributed by atoms with E-state index in [0.717, 1.165) is 21.3 Å². The van der Waals surface area contributed by atoms with E-state index in [4.69, 9.17) is 5.26 Å². The molecular formula is C16H16BrN3. The first-order valence-electron chi connectivity index (χ1n) is 6.36. The van der Waals surface area contributed by atoms with Crippen LogP contribution in [0.5, 0.6) is 0 Å². The highest BCUT2D eigenvalue weighted by atomic mass is 79.9. The first-order valence-corrected chi connectivity index (χ1v) is 7.16. The number of hydrogen-bond acceptors (Lipinski definition) is 3. The minimum atomic E-state index is -0.452. The molecule has 1 aromatic carbocycles. The predicted octanol–water partition coefficient (Wildman–Crippen LogP) is 4.26. The van der Waals surface area contributed by atoms with Crippen LogP contribution in [0.3, 0.4) is 0 Å². The summed E-state index contributed by atoms with van der Waals surface area (Å²) < 4.78 is 0.975. The Hall–Kier alpha value is -1.86. The van der Waals surface area contributed by atoms with Crippen LogP contribution in [0.25, 0.3) is 0 Å². The average Bonchev–Trinajstić information content (AvgIpc) is 2.46. The van der Waals surface area contributed by atoms with Crippen molar-refractivity contribution in [1.29, 1.82) is 5.26 Å². The van der Waals surface area contributed by atoms with Crippen molar-refractivity contribution in [3.63, 3.8) is 0 Å². The van der Waals surface area contributed by atoms with Crippen molar-refractivity contribution in [3.05, 3.63) is 58.3 Å².